The summed E-state index contributed by atoms with van der Waals surface area (Å²) in [4.78, 5) is 30.9. The van der Waals surface area contributed by atoms with E-state index in [0.29, 0.717) is 36.8 Å². The number of nitrogens with one attached hydrogen (secondary N) is 1. The average Bonchev–Trinajstić information content (AvgIpc) is 3.54. The largest absolute Gasteiger partial charge is 0.489 e. The zero-order valence-electron chi connectivity index (χ0n) is 21.8. The molecule has 8 nitrogen and oxygen atoms in total. The Balaban J connectivity index is 1.52. The number of fused-ring (bicyclic) bond motifs is 4. The van der Waals surface area contributed by atoms with E-state index in [1.807, 2.05) is 60.1 Å². The number of aromatic nitrogens is 2. The standard InChI is InChI=1S/C29H30ClN5O3/c1-18-7-8-22-21(14-31-32-22)25(18)26-19(6-4-10-33(2)3)12-20-15-35-23(16-38-28(20)27(26)30)29(13-24(35)37)9-5-11-34(29)17-36/h7-8,12,14,17,23H,5,9-11,13,15-16H2,1-3H3,(H,31,32). The Morgan fingerprint density at radius 3 is 2.97 bits per heavy atom. The van der Waals surface area contributed by atoms with Crippen molar-refractivity contribution in [1.29, 1.82) is 0 Å². The fourth-order valence-electron chi connectivity index (χ4n) is 6.41. The Kier molecular flexibility index (Phi) is 6.09. The van der Waals surface area contributed by atoms with Gasteiger partial charge in [0.05, 0.1) is 41.3 Å². The quantitative estimate of drug-likeness (QED) is 0.412. The SMILES string of the molecule is Cc1ccc2[nH]ncc2c1-c1c(C#CCN(C)C)cc2c(c1Cl)OCC1N(C2)C(=O)CC12CCCN2C=O. The summed E-state index contributed by atoms with van der Waals surface area (Å²) in [6, 6.07) is 5.84. The molecule has 4 heterocycles. The summed E-state index contributed by atoms with van der Waals surface area (Å²) < 4.78 is 6.47. The van der Waals surface area contributed by atoms with Crippen LogP contribution < -0.4 is 4.74 Å². The Hall–Kier alpha value is -3.54. The van der Waals surface area contributed by atoms with Gasteiger partial charge in [0.2, 0.25) is 12.3 Å². The van der Waals surface area contributed by atoms with E-state index >= 15 is 0 Å². The lowest BCUT2D eigenvalue weighted by Crippen LogP contribution is -2.54. The number of halogens is 1. The van der Waals surface area contributed by atoms with E-state index in [9.17, 15) is 9.59 Å². The minimum Gasteiger partial charge on any atom is -0.489 e. The van der Waals surface area contributed by atoms with Crippen LogP contribution in [0.2, 0.25) is 5.02 Å². The number of H-pyrrole nitrogens is 1. The van der Waals surface area contributed by atoms with Crippen molar-refractivity contribution in [3.8, 4) is 28.7 Å². The van der Waals surface area contributed by atoms with Crippen molar-refractivity contribution >= 4 is 34.8 Å². The van der Waals surface area contributed by atoms with Crippen molar-refractivity contribution in [3.63, 3.8) is 0 Å². The molecular formula is C29H30ClN5O3. The number of hydrogen-bond acceptors (Lipinski definition) is 5. The lowest BCUT2D eigenvalue weighted by molar-refractivity contribution is -0.129. The summed E-state index contributed by atoms with van der Waals surface area (Å²) in [6.07, 6.45) is 4.70. The summed E-state index contributed by atoms with van der Waals surface area (Å²) in [5.74, 6) is 7.23. The van der Waals surface area contributed by atoms with Gasteiger partial charge in [-0.1, -0.05) is 29.5 Å². The molecule has 2 fully saturated rings. The molecule has 9 heteroatoms. The van der Waals surface area contributed by atoms with Gasteiger partial charge in [-0.05, 0) is 57.1 Å². The van der Waals surface area contributed by atoms with Gasteiger partial charge in [-0.25, -0.2) is 0 Å². The molecule has 38 heavy (non-hydrogen) atoms. The third kappa shape index (κ3) is 3.76. The van der Waals surface area contributed by atoms with Gasteiger partial charge >= 0.3 is 0 Å². The second-order valence-electron chi connectivity index (χ2n) is 10.8. The zero-order valence-corrected chi connectivity index (χ0v) is 22.6. The average molecular weight is 532 g/mol. The molecule has 2 saturated heterocycles. The van der Waals surface area contributed by atoms with Crippen LogP contribution in [0.4, 0.5) is 0 Å². The molecule has 3 aliphatic heterocycles. The number of likely N-dealkylation sites (tertiary alicyclic amines) is 1. The maximum absolute atomic E-state index is 13.3. The van der Waals surface area contributed by atoms with Crippen LogP contribution in [-0.4, -0.2) is 82.6 Å². The van der Waals surface area contributed by atoms with Crippen molar-refractivity contribution in [3.05, 3.63) is 46.1 Å². The van der Waals surface area contributed by atoms with Crippen molar-refractivity contribution in [2.75, 3.05) is 33.8 Å². The molecule has 2 atom stereocenters. The molecular weight excluding hydrogens is 502 g/mol. The molecule has 2 aromatic carbocycles. The van der Waals surface area contributed by atoms with Crippen molar-refractivity contribution in [2.24, 2.45) is 0 Å². The van der Waals surface area contributed by atoms with Crippen molar-refractivity contribution in [2.45, 2.75) is 44.3 Å². The lowest BCUT2D eigenvalue weighted by atomic mass is 9.87. The number of hydrogen-bond donors (Lipinski definition) is 1. The van der Waals surface area contributed by atoms with Gasteiger partial charge in [-0.3, -0.25) is 19.6 Å². The summed E-state index contributed by atoms with van der Waals surface area (Å²) in [5, 5.41) is 8.75. The molecule has 2 amide bonds. The molecule has 0 radical (unpaired) electrons. The Labute approximate surface area is 226 Å². The van der Waals surface area contributed by atoms with E-state index in [1.165, 1.54) is 0 Å². The van der Waals surface area contributed by atoms with Crippen LogP contribution >= 0.6 is 11.6 Å². The molecule has 196 valence electrons. The van der Waals surface area contributed by atoms with Crippen LogP contribution in [0.25, 0.3) is 22.0 Å². The maximum atomic E-state index is 13.3. The van der Waals surface area contributed by atoms with E-state index < -0.39 is 5.54 Å². The van der Waals surface area contributed by atoms with Crippen LogP contribution in [0.5, 0.6) is 5.75 Å². The number of ether oxygens (including phenoxy) is 1. The van der Waals surface area contributed by atoms with Crippen LogP contribution in [0.15, 0.2) is 24.4 Å². The first-order valence-electron chi connectivity index (χ1n) is 12.9. The third-order valence-corrected chi connectivity index (χ3v) is 8.57. The highest BCUT2D eigenvalue weighted by atomic mass is 35.5. The van der Waals surface area contributed by atoms with Crippen LogP contribution in [-0.2, 0) is 16.1 Å². The highest BCUT2D eigenvalue weighted by molar-refractivity contribution is 6.36. The maximum Gasteiger partial charge on any atom is 0.225 e. The topological polar surface area (TPSA) is 81.8 Å². The van der Waals surface area contributed by atoms with Gasteiger partial charge in [0.25, 0.3) is 0 Å². The summed E-state index contributed by atoms with van der Waals surface area (Å²) in [6.45, 7) is 3.95. The molecule has 1 N–H and O–H groups in total. The first-order chi connectivity index (χ1) is 18.3. The number of nitrogens with zero attached hydrogens (tertiary/aromatic N) is 4. The van der Waals surface area contributed by atoms with Gasteiger partial charge in [0.1, 0.15) is 12.4 Å². The number of aromatic amines is 1. The van der Waals surface area contributed by atoms with Gasteiger partial charge in [-0.2, -0.15) is 5.10 Å². The first kappa shape index (κ1) is 24.8. The summed E-state index contributed by atoms with van der Waals surface area (Å²) >= 11 is 7.22. The Morgan fingerprint density at radius 1 is 1.34 bits per heavy atom. The van der Waals surface area contributed by atoms with Crippen LogP contribution in [0.3, 0.4) is 0 Å². The second-order valence-corrected chi connectivity index (χ2v) is 11.1. The smallest absolute Gasteiger partial charge is 0.225 e. The molecule has 3 aliphatic rings. The van der Waals surface area contributed by atoms with Crippen molar-refractivity contribution in [1.82, 2.24) is 24.9 Å². The van der Waals surface area contributed by atoms with Crippen molar-refractivity contribution < 1.29 is 14.3 Å². The van der Waals surface area contributed by atoms with Crippen LogP contribution in [0.1, 0.15) is 36.0 Å². The Morgan fingerprint density at radius 2 is 2.18 bits per heavy atom. The van der Waals surface area contributed by atoms with Crippen LogP contribution in [0, 0.1) is 18.8 Å². The van der Waals surface area contributed by atoms with E-state index in [2.05, 4.69) is 22.0 Å². The minimum atomic E-state index is -0.524. The number of carbonyl (C=O) groups excluding carboxylic acids is 2. The van der Waals surface area contributed by atoms with Gasteiger partial charge in [0.15, 0.2) is 0 Å². The Bertz CT molecular complexity index is 1520. The highest BCUT2D eigenvalue weighted by Gasteiger charge is 2.57. The number of amides is 2. The normalized spacial score (nSPS) is 22.3. The van der Waals surface area contributed by atoms with Gasteiger partial charge in [0, 0.05) is 35.2 Å². The monoisotopic (exact) mass is 531 g/mol. The van der Waals surface area contributed by atoms with Gasteiger partial charge < -0.3 is 14.5 Å². The van der Waals surface area contributed by atoms with Gasteiger partial charge in [-0.15, -0.1) is 0 Å². The molecule has 0 saturated carbocycles. The molecule has 2 unspecified atom stereocenters. The fourth-order valence-corrected chi connectivity index (χ4v) is 6.79. The molecule has 1 aromatic heterocycles. The fraction of sp³-hybridized carbons (Fsp3) is 0.414. The van der Waals surface area contributed by atoms with E-state index in [1.54, 1.807) is 0 Å². The van der Waals surface area contributed by atoms with E-state index in [-0.39, 0.29) is 18.6 Å². The number of carbonyl (C=O) groups is 2. The summed E-state index contributed by atoms with van der Waals surface area (Å²) in [7, 11) is 3.95. The predicted octanol–water partition coefficient (Wildman–Crippen LogP) is 3.59. The minimum absolute atomic E-state index is 0.0413. The number of aryl methyl sites for hydroxylation is 1. The summed E-state index contributed by atoms with van der Waals surface area (Å²) in [5.41, 5.74) is 4.81. The predicted molar refractivity (Wildman–Crippen MR) is 146 cm³/mol. The zero-order chi connectivity index (χ0) is 26.6. The second kappa shape index (κ2) is 9.33. The number of benzene rings is 2. The number of rotatable bonds is 3. The molecule has 3 aromatic rings. The first-order valence-corrected chi connectivity index (χ1v) is 13.3. The molecule has 0 bridgehead atoms. The molecule has 1 spiro atoms. The van der Waals surface area contributed by atoms with E-state index in [0.717, 1.165) is 58.0 Å². The highest BCUT2D eigenvalue weighted by Crippen LogP contribution is 2.49. The van der Waals surface area contributed by atoms with E-state index in [4.69, 9.17) is 16.3 Å². The third-order valence-electron chi connectivity index (χ3n) is 8.21. The lowest BCUT2D eigenvalue weighted by Gasteiger charge is -2.38. The molecule has 6 rings (SSSR count). The molecule has 0 aliphatic carbocycles.